The Labute approximate surface area is 131 Å². The highest BCUT2D eigenvalue weighted by Crippen LogP contribution is 2.35. The summed E-state index contributed by atoms with van der Waals surface area (Å²) in [6.07, 6.45) is -1.82. The molecule has 21 heavy (non-hydrogen) atoms. The van der Waals surface area contributed by atoms with Gasteiger partial charge in [-0.15, -0.1) is 0 Å². The summed E-state index contributed by atoms with van der Waals surface area (Å²) in [4.78, 5) is 15.8. The van der Waals surface area contributed by atoms with Crippen LogP contribution >= 0.6 is 27.5 Å². The van der Waals surface area contributed by atoms with E-state index in [2.05, 4.69) is 26.2 Å². The first-order valence-electron chi connectivity index (χ1n) is 5.56. The van der Waals surface area contributed by atoms with Gasteiger partial charge in [-0.3, -0.25) is 9.78 Å². The molecule has 0 fully saturated rings. The minimum atomic E-state index is -4.55. The van der Waals surface area contributed by atoms with Crippen LogP contribution in [0.5, 0.6) is 0 Å². The van der Waals surface area contributed by atoms with Crippen molar-refractivity contribution >= 4 is 39.1 Å². The molecular formula is C13H7BrClF3N2O. The van der Waals surface area contributed by atoms with Gasteiger partial charge < -0.3 is 5.32 Å². The van der Waals surface area contributed by atoms with Crippen LogP contribution in [-0.4, -0.2) is 10.9 Å². The monoisotopic (exact) mass is 378 g/mol. The lowest BCUT2D eigenvalue weighted by Gasteiger charge is -2.11. The van der Waals surface area contributed by atoms with Crippen molar-refractivity contribution in [3.8, 4) is 0 Å². The average Bonchev–Trinajstić information content (AvgIpc) is 2.40. The summed E-state index contributed by atoms with van der Waals surface area (Å²) in [5, 5.41) is 2.65. The van der Waals surface area contributed by atoms with Gasteiger partial charge in [0.2, 0.25) is 0 Å². The molecule has 0 aliphatic heterocycles. The molecule has 8 heteroatoms. The first-order chi connectivity index (χ1) is 9.79. The third-order valence-electron chi connectivity index (χ3n) is 2.55. The number of carbonyl (C=O) groups is 1. The van der Waals surface area contributed by atoms with Crippen LogP contribution in [-0.2, 0) is 6.18 Å². The lowest BCUT2D eigenvalue weighted by atomic mass is 10.1. The Balaban J connectivity index is 2.31. The molecule has 1 aromatic carbocycles. The summed E-state index contributed by atoms with van der Waals surface area (Å²) in [6.45, 7) is 0. The van der Waals surface area contributed by atoms with Crippen molar-refractivity contribution in [1.29, 1.82) is 0 Å². The molecule has 110 valence electrons. The number of alkyl halides is 3. The van der Waals surface area contributed by atoms with Gasteiger partial charge in [0.15, 0.2) is 0 Å². The third-order valence-corrected chi connectivity index (χ3v) is 3.57. The molecule has 1 N–H and O–H groups in total. The molecule has 2 aromatic rings. The highest BCUT2D eigenvalue weighted by Gasteiger charge is 2.33. The number of nitrogens with one attached hydrogen (secondary N) is 1. The predicted molar refractivity (Wildman–Crippen MR) is 76.3 cm³/mol. The van der Waals surface area contributed by atoms with E-state index in [1.807, 2.05) is 0 Å². The second-order valence-electron chi connectivity index (χ2n) is 4.00. The van der Waals surface area contributed by atoms with Crippen LogP contribution in [0.3, 0.4) is 0 Å². The number of amides is 1. The topological polar surface area (TPSA) is 42.0 Å². The molecular weight excluding hydrogens is 373 g/mol. The molecule has 0 aliphatic rings. The van der Waals surface area contributed by atoms with E-state index in [-0.39, 0.29) is 20.7 Å². The quantitative estimate of drug-likeness (QED) is 0.817. The fraction of sp³-hybridized carbons (Fsp3) is 0.0769. The molecule has 0 bridgehead atoms. The fourth-order valence-corrected chi connectivity index (χ4v) is 2.17. The lowest BCUT2D eigenvalue weighted by Crippen LogP contribution is -2.14. The molecule has 0 spiro atoms. The van der Waals surface area contributed by atoms with E-state index in [1.165, 1.54) is 30.6 Å². The highest BCUT2D eigenvalue weighted by molar-refractivity contribution is 9.10. The maximum absolute atomic E-state index is 12.8. The van der Waals surface area contributed by atoms with Crippen LogP contribution in [0.15, 0.2) is 41.1 Å². The van der Waals surface area contributed by atoms with Crippen LogP contribution in [0.2, 0.25) is 5.02 Å². The Bertz CT molecular complexity index is 691. The largest absolute Gasteiger partial charge is 0.417 e. The van der Waals surface area contributed by atoms with Gasteiger partial charge in [0.05, 0.1) is 22.5 Å². The van der Waals surface area contributed by atoms with Gasteiger partial charge in [-0.2, -0.15) is 13.2 Å². The van der Waals surface area contributed by atoms with Gasteiger partial charge >= 0.3 is 6.18 Å². The molecule has 2 rings (SSSR count). The zero-order chi connectivity index (χ0) is 15.6. The second-order valence-corrected chi connectivity index (χ2v) is 5.26. The zero-order valence-corrected chi connectivity index (χ0v) is 12.6. The Hall–Kier alpha value is -1.60. The zero-order valence-electron chi connectivity index (χ0n) is 10.2. The van der Waals surface area contributed by atoms with Crippen molar-refractivity contribution in [3.63, 3.8) is 0 Å². The number of anilines is 1. The predicted octanol–water partition coefficient (Wildman–Crippen LogP) is 4.77. The molecule has 0 unspecified atom stereocenters. The Morgan fingerprint density at radius 1 is 1.29 bits per heavy atom. The van der Waals surface area contributed by atoms with Gasteiger partial charge in [0.1, 0.15) is 0 Å². The number of nitrogens with zero attached hydrogens (tertiary/aromatic N) is 1. The number of carbonyl (C=O) groups excluding carboxylic acids is 1. The minimum Gasteiger partial charge on any atom is -0.319 e. The highest BCUT2D eigenvalue weighted by atomic mass is 79.9. The maximum Gasteiger partial charge on any atom is 0.417 e. The summed E-state index contributed by atoms with van der Waals surface area (Å²) in [7, 11) is 0. The smallest absolute Gasteiger partial charge is 0.319 e. The van der Waals surface area contributed by atoms with Crippen molar-refractivity contribution in [2.75, 3.05) is 5.32 Å². The molecule has 0 aliphatic carbocycles. The van der Waals surface area contributed by atoms with Crippen LogP contribution in [0, 0.1) is 0 Å². The van der Waals surface area contributed by atoms with Crippen molar-refractivity contribution in [2.45, 2.75) is 6.18 Å². The Morgan fingerprint density at radius 2 is 2.00 bits per heavy atom. The molecule has 1 amide bonds. The van der Waals surface area contributed by atoms with Crippen LogP contribution < -0.4 is 5.32 Å². The number of halogens is 5. The van der Waals surface area contributed by atoms with Gasteiger partial charge in [-0.25, -0.2) is 0 Å². The van der Waals surface area contributed by atoms with E-state index in [1.54, 1.807) is 0 Å². The first kappa shape index (κ1) is 15.8. The van der Waals surface area contributed by atoms with Crippen LogP contribution in [0.4, 0.5) is 18.9 Å². The second kappa shape index (κ2) is 6.03. The van der Waals surface area contributed by atoms with Gasteiger partial charge in [-0.1, -0.05) is 27.5 Å². The number of hydrogen-bond acceptors (Lipinski definition) is 2. The molecule has 0 saturated heterocycles. The maximum atomic E-state index is 12.8. The molecule has 1 aromatic heterocycles. The van der Waals surface area contributed by atoms with E-state index in [4.69, 9.17) is 11.6 Å². The van der Waals surface area contributed by atoms with Crippen molar-refractivity contribution in [1.82, 2.24) is 4.98 Å². The van der Waals surface area contributed by atoms with Crippen LogP contribution in [0.25, 0.3) is 0 Å². The van der Waals surface area contributed by atoms with E-state index >= 15 is 0 Å². The molecule has 0 saturated carbocycles. The van der Waals surface area contributed by atoms with Crippen LogP contribution in [0.1, 0.15) is 15.9 Å². The van der Waals surface area contributed by atoms with Gasteiger partial charge in [0.25, 0.3) is 5.91 Å². The van der Waals surface area contributed by atoms with E-state index < -0.39 is 17.6 Å². The summed E-state index contributed by atoms with van der Waals surface area (Å²) in [5.41, 5.74) is -0.835. The SMILES string of the molecule is O=C(Nc1cnccc1Cl)c1ccc(Br)c(C(F)(F)F)c1. The van der Waals surface area contributed by atoms with Gasteiger partial charge in [-0.05, 0) is 24.3 Å². The Kier molecular flexibility index (Phi) is 4.53. The lowest BCUT2D eigenvalue weighted by molar-refractivity contribution is -0.138. The average molecular weight is 380 g/mol. The number of pyridine rings is 1. The standard InChI is InChI=1S/C13H7BrClF3N2O/c14-9-2-1-7(5-8(9)13(16,17)18)12(21)20-11-6-19-4-3-10(11)15/h1-6H,(H,20,21). The number of rotatable bonds is 2. The van der Waals surface area contributed by atoms with Gasteiger partial charge in [0, 0.05) is 16.2 Å². The molecule has 1 heterocycles. The molecule has 0 radical (unpaired) electrons. The number of aromatic nitrogens is 1. The summed E-state index contributed by atoms with van der Waals surface area (Å²) in [6, 6.07) is 4.67. The normalized spacial score (nSPS) is 11.3. The minimum absolute atomic E-state index is 0.133. The summed E-state index contributed by atoms with van der Waals surface area (Å²) in [5.74, 6) is -0.706. The van der Waals surface area contributed by atoms with E-state index in [0.29, 0.717) is 0 Å². The van der Waals surface area contributed by atoms with Crippen molar-refractivity contribution < 1.29 is 18.0 Å². The Morgan fingerprint density at radius 3 is 2.62 bits per heavy atom. The third kappa shape index (κ3) is 3.74. The summed E-state index contributed by atoms with van der Waals surface area (Å²) >= 11 is 8.65. The number of hydrogen-bond donors (Lipinski definition) is 1. The first-order valence-corrected chi connectivity index (χ1v) is 6.74. The van der Waals surface area contributed by atoms with Crippen molar-refractivity contribution in [2.24, 2.45) is 0 Å². The molecule has 0 atom stereocenters. The molecule has 3 nitrogen and oxygen atoms in total. The number of benzene rings is 1. The summed E-state index contributed by atoms with van der Waals surface area (Å²) < 4.78 is 38.2. The van der Waals surface area contributed by atoms with E-state index in [9.17, 15) is 18.0 Å². The van der Waals surface area contributed by atoms with Crippen molar-refractivity contribution in [3.05, 3.63) is 57.3 Å². The van der Waals surface area contributed by atoms with E-state index in [0.717, 1.165) is 6.07 Å². The fourth-order valence-electron chi connectivity index (χ4n) is 1.55.